The van der Waals surface area contributed by atoms with Crippen LogP contribution in [-0.2, 0) is 13.2 Å². The van der Waals surface area contributed by atoms with Gasteiger partial charge in [0.05, 0.1) is 11.8 Å². The van der Waals surface area contributed by atoms with Gasteiger partial charge in [-0.3, -0.25) is 0 Å². The minimum Gasteiger partial charge on any atom is -0.477 e. The Hall–Kier alpha value is -2.51. The van der Waals surface area contributed by atoms with Gasteiger partial charge >= 0.3 is 12.1 Å². The summed E-state index contributed by atoms with van der Waals surface area (Å²) < 4.78 is 43.6. The van der Waals surface area contributed by atoms with E-state index >= 15 is 0 Å². The van der Waals surface area contributed by atoms with E-state index in [2.05, 4.69) is 5.10 Å². The van der Waals surface area contributed by atoms with Crippen LogP contribution in [0.1, 0.15) is 15.9 Å². The Morgan fingerprint density at radius 2 is 1.90 bits per heavy atom. The van der Waals surface area contributed by atoms with Crippen LogP contribution in [0.15, 0.2) is 30.5 Å². The minimum absolute atomic E-state index is 0.0581. The van der Waals surface area contributed by atoms with Crippen molar-refractivity contribution in [2.75, 3.05) is 0 Å². The fourth-order valence-corrected chi connectivity index (χ4v) is 1.52. The highest BCUT2D eigenvalue weighted by atomic mass is 19.4. The molecule has 0 aliphatic carbocycles. The van der Waals surface area contributed by atoms with Crippen molar-refractivity contribution < 1.29 is 27.8 Å². The molecular formula is C12H9F3N2O3. The summed E-state index contributed by atoms with van der Waals surface area (Å²) in [4.78, 5) is 10.9. The smallest absolute Gasteiger partial charge is 0.416 e. The first-order chi connectivity index (χ1) is 9.29. The average molecular weight is 286 g/mol. The van der Waals surface area contributed by atoms with Crippen molar-refractivity contribution in [2.24, 2.45) is 7.05 Å². The third kappa shape index (κ3) is 2.73. The number of aryl methyl sites for hydroxylation is 1. The zero-order valence-electron chi connectivity index (χ0n) is 10.2. The molecule has 1 N–H and O–H groups in total. The molecule has 0 unspecified atom stereocenters. The van der Waals surface area contributed by atoms with Crippen LogP contribution >= 0.6 is 0 Å². The molecule has 0 radical (unpaired) electrons. The maximum absolute atomic E-state index is 12.4. The standard InChI is InChI=1S/C12H9F3N2O3/c1-17-10(9(6-16-17)11(18)19)20-8-4-2-7(3-5-8)12(13,14)15/h2-6H,1H3,(H,18,19). The van der Waals surface area contributed by atoms with Crippen LogP contribution in [0.5, 0.6) is 11.6 Å². The van der Waals surface area contributed by atoms with Crippen LogP contribution in [0.4, 0.5) is 13.2 Å². The number of carbonyl (C=O) groups is 1. The molecule has 0 aliphatic rings. The van der Waals surface area contributed by atoms with Crippen LogP contribution in [0.25, 0.3) is 0 Å². The molecule has 0 spiro atoms. The van der Waals surface area contributed by atoms with Crippen LogP contribution < -0.4 is 4.74 Å². The molecule has 8 heteroatoms. The highest BCUT2D eigenvalue weighted by Gasteiger charge is 2.30. The van der Waals surface area contributed by atoms with Gasteiger partial charge < -0.3 is 9.84 Å². The molecule has 5 nitrogen and oxygen atoms in total. The number of aromatic nitrogens is 2. The minimum atomic E-state index is -4.43. The monoisotopic (exact) mass is 286 g/mol. The predicted octanol–water partition coefficient (Wildman–Crippen LogP) is 2.93. The van der Waals surface area contributed by atoms with E-state index in [1.54, 1.807) is 0 Å². The van der Waals surface area contributed by atoms with E-state index in [-0.39, 0.29) is 17.2 Å². The first-order valence-corrected chi connectivity index (χ1v) is 5.39. The van der Waals surface area contributed by atoms with Crippen LogP contribution in [0.2, 0.25) is 0 Å². The zero-order valence-corrected chi connectivity index (χ0v) is 10.2. The lowest BCUT2D eigenvalue weighted by Gasteiger charge is -2.09. The quantitative estimate of drug-likeness (QED) is 0.942. The van der Waals surface area contributed by atoms with Gasteiger partial charge in [0.2, 0.25) is 5.88 Å². The average Bonchev–Trinajstić information content (AvgIpc) is 2.71. The molecule has 2 rings (SSSR count). The van der Waals surface area contributed by atoms with E-state index in [0.717, 1.165) is 30.5 Å². The van der Waals surface area contributed by atoms with Gasteiger partial charge in [0, 0.05) is 7.05 Å². The predicted molar refractivity (Wildman–Crippen MR) is 61.7 cm³/mol. The maximum Gasteiger partial charge on any atom is 0.416 e. The number of aromatic carboxylic acids is 1. The Morgan fingerprint density at radius 3 is 2.40 bits per heavy atom. The molecule has 1 aromatic carbocycles. The van der Waals surface area contributed by atoms with Gasteiger partial charge in [0.1, 0.15) is 11.3 Å². The van der Waals surface area contributed by atoms with Gasteiger partial charge in [-0.2, -0.15) is 18.3 Å². The third-order valence-corrected chi connectivity index (χ3v) is 2.51. The molecule has 20 heavy (non-hydrogen) atoms. The molecule has 0 amide bonds. The van der Waals surface area contributed by atoms with Crippen molar-refractivity contribution in [3.05, 3.63) is 41.6 Å². The summed E-state index contributed by atoms with van der Waals surface area (Å²) >= 11 is 0. The van der Waals surface area contributed by atoms with Crippen molar-refractivity contribution in [3.8, 4) is 11.6 Å². The van der Waals surface area contributed by atoms with E-state index in [0.29, 0.717) is 0 Å². The summed E-state index contributed by atoms with van der Waals surface area (Å²) in [6.45, 7) is 0. The summed E-state index contributed by atoms with van der Waals surface area (Å²) in [6.07, 6.45) is -3.33. The molecule has 1 aromatic heterocycles. The lowest BCUT2D eigenvalue weighted by atomic mass is 10.2. The number of benzene rings is 1. The molecule has 0 bridgehead atoms. The van der Waals surface area contributed by atoms with Gasteiger partial charge in [0.25, 0.3) is 0 Å². The van der Waals surface area contributed by atoms with Crippen molar-refractivity contribution in [3.63, 3.8) is 0 Å². The number of carboxylic acids is 1. The first kappa shape index (κ1) is 13.9. The lowest BCUT2D eigenvalue weighted by Crippen LogP contribution is -2.04. The second-order valence-electron chi connectivity index (χ2n) is 3.92. The highest BCUT2D eigenvalue weighted by molar-refractivity contribution is 5.90. The van der Waals surface area contributed by atoms with E-state index < -0.39 is 17.7 Å². The normalized spacial score (nSPS) is 11.4. The number of hydrogen-bond donors (Lipinski definition) is 1. The molecule has 1 heterocycles. The fourth-order valence-electron chi connectivity index (χ4n) is 1.52. The Labute approximate surface area is 111 Å². The second kappa shape index (κ2) is 4.87. The molecule has 106 valence electrons. The number of ether oxygens (including phenoxy) is 1. The van der Waals surface area contributed by atoms with Gasteiger partial charge in [-0.25, -0.2) is 9.48 Å². The molecule has 0 saturated heterocycles. The fraction of sp³-hybridized carbons (Fsp3) is 0.167. The Balaban J connectivity index is 2.27. The Kier molecular flexibility index (Phi) is 3.39. The Morgan fingerprint density at radius 1 is 1.30 bits per heavy atom. The lowest BCUT2D eigenvalue weighted by molar-refractivity contribution is -0.137. The molecule has 2 aromatic rings. The van der Waals surface area contributed by atoms with Crippen molar-refractivity contribution >= 4 is 5.97 Å². The van der Waals surface area contributed by atoms with Gasteiger partial charge in [-0.1, -0.05) is 0 Å². The summed E-state index contributed by atoms with van der Waals surface area (Å²) in [7, 11) is 1.46. The number of halogens is 3. The maximum atomic E-state index is 12.4. The van der Waals surface area contributed by atoms with Crippen LogP contribution in [0.3, 0.4) is 0 Å². The summed E-state index contributed by atoms with van der Waals surface area (Å²) in [5.41, 5.74) is -0.985. The summed E-state index contributed by atoms with van der Waals surface area (Å²) in [5.74, 6) is -1.21. The molecule has 0 atom stereocenters. The number of carboxylic acid groups (broad SMARTS) is 1. The third-order valence-electron chi connectivity index (χ3n) is 2.51. The van der Waals surface area contributed by atoms with Crippen molar-refractivity contribution in [1.82, 2.24) is 9.78 Å². The Bertz CT molecular complexity index is 632. The summed E-state index contributed by atoms with van der Waals surface area (Å²) in [6, 6.07) is 3.93. The van der Waals surface area contributed by atoms with Gasteiger partial charge in [-0.15, -0.1) is 0 Å². The SMILES string of the molecule is Cn1ncc(C(=O)O)c1Oc1ccc(C(F)(F)F)cc1. The second-order valence-corrected chi connectivity index (χ2v) is 3.92. The number of hydrogen-bond acceptors (Lipinski definition) is 3. The zero-order chi connectivity index (χ0) is 14.9. The molecule has 0 fully saturated rings. The van der Waals surface area contributed by atoms with Crippen LogP contribution in [0, 0.1) is 0 Å². The van der Waals surface area contributed by atoms with E-state index in [1.807, 2.05) is 0 Å². The number of rotatable bonds is 3. The number of alkyl halides is 3. The summed E-state index contributed by atoms with van der Waals surface area (Å²) in [5, 5.41) is 12.6. The van der Waals surface area contributed by atoms with E-state index in [9.17, 15) is 18.0 Å². The topological polar surface area (TPSA) is 64.4 Å². The first-order valence-electron chi connectivity index (χ1n) is 5.39. The van der Waals surface area contributed by atoms with E-state index in [4.69, 9.17) is 9.84 Å². The van der Waals surface area contributed by atoms with Crippen LogP contribution in [-0.4, -0.2) is 20.9 Å². The molecular weight excluding hydrogens is 277 g/mol. The molecule has 0 saturated carbocycles. The molecule has 0 aliphatic heterocycles. The van der Waals surface area contributed by atoms with Gasteiger partial charge in [0.15, 0.2) is 0 Å². The largest absolute Gasteiger partial charge is 0.477 e. The van der Waals surface area contributed by atoms with Crippen molar-refractivity contribution in [1.29, 1.82) is 0 Å². The van der Waals surface area contributed by atoms with Gasteiger partial charge in [-0.05, 0) is 24.3 Å². The van der Waals surface area contributed by atoms with Crippen molar-refractivity contribution in [2.45, 2.75) is 6.18 Å². The highest BCUT2D eigenvalue weighted by Crippen LogP contribution is 2.31. The van der Waals surface area contributed by atoms with E-state index in [1.165, 1.54) is 11.7 Å². The number of nitrogens with zero attached hydrogens (tertiary/aromatic N) is 2.